The summed E-state index contributed by atoms with van der Waals surface area (Å²) in [5, 5.41) is 8.86. The standard InChI is InChI=1S/C11H13NO2/c1-2-8-4-3-5-10(11(12)14)9(8)6-7-13/h2-5,13H,1,6-7H2,(H2,12,14). The highest BCUT2D eigenvalue weighted by Crippen LogP contribution is 2.16. The van der Waals surface area contributed by atoms with Crippen molar-refractivity contribution >= 4 is 12.0 Å². The Hall–Kier alpha value is -1.61. The van der Waals surface area contributed by atoms with E-state index in [9.17, 15) is 4.79 Å². The van der Waals surface area contributed by atoms with Crippen LogP contribution in [0.15, 0.2) is 24.8 Å². The maximum Gasteiger partial charge on any atom is 0.248 e. The van der Waals surface area contributed by atoms with Crippen molar-refractivity contribution in [3.63, 3.8) is 0 Å². The molecule has 0 heterocycles. The van der Waals surface area contributed by atoms with E-state index >= 15 is 0 Å². The minimum absolute atomic E-state index is 0.00880. The first-order chi connectivity index (χ1) is 6.70. The first-order valence-electron chi connectivity index (χ1n) is 4.35. The fourth-order valence-corrected chi connectivity index (χ4v) is 1.42. The molecule has 3 heteroatoms. The molecule has 0 fully saturated rings. The minimum atomic E-state index is -0.475. The van der Waals surface area contributed by atoms with Crippen molar-refractivity contribution in [2.45, 2.75) is 6.42 Å². The number of nitrogens with two attached hydrogens (primary N) is 1. The number of rotatable bonds is 4. The smallest absolute Gasteiger partial charge is 0.248 e. The average molecular weight is 191 g/mol. The topological polar surface area (TPSA) is 63.3 Å². The molecule has 0 radical (unpaired) electrons. The third-order valence-corrected chi connectivity index (χ3v) is 2.06. The van der Waals surface area contributed by atoms with Gasteiger partial charge in [0.1, 0.15) is 0 Å². The van der Waals surface area contributed by atoms with E-state index in [0.717, 1.165) is 11.1 Å². The van der Waals surface area contributed by atoms with Crippen LogP contribution in [0.3, 0.4) is 0 Å². The maximum atomic E-state index is 11.1. The zero-order valence-electron chi connectivity index (χ0n) is 7.86. The summed E-state index contributed by atoms with van der Waals surface area (Å²) in [5.41, 5.74) is 7.27. The monoisotopic (exact) mass is 191 g/mol. The Bertz CT molecular complexity index is 358. The lowest BCUT2D eigenvalue weighted by Crippen LogP contribution is -2.15. The summed E-state index contributed by atoms with van der Waals surface area (Å²) in [6, 6.07) is 5.24. The van der Waals surface area contributed by atoms with Crippen LogP contribution < -0.4 is 5.73 Å². The molecule has 74 valence electrons. The molecule has 0 saturated heterocycles. The van der Waals surface area contributed by atoms with E-state index in [1.807, 2.05) is 6.07 Å². The summed E-state index contributed by atoms with van der Waals surface area (Å²) in [6.45, 7) is 3.63. The van der Waals surface area contributed by atoms with Crippen LogP contribution in [0.25, 0.3) is 6.08 Å². The molecule has 0 saturated carbocycles. The molecule has 3 N–H and O–H groups in total. The van der Waals surface area contributed by atoms with Crippen LogP contribution in [-0.2, 0) is 6.42 Å². The zero-order chi connectivity index (χ0) is 10.6. The lowest BCUT2D eigenvalue weighted by molar-refractivity contribution is 0.0999. The second-order valence-corrected chi connectivity index (χ2v) is 2.92. The molecule has 0 aliphatic carbocycles. The van der Waals surface area contributed by atoms with Crippen molar-refractivity contribution in [3.05, 3.63) is 41.5 Å². The van der Waals surface area contributed by atoms with E-state index in [1.54, 1.807) is 18.2 Å². The number of benzene rings is 1. The van der Waals surface area contributed by atoms with Gasteiger partial charge < -0.3 is 10.8 Å². The predicted molar refractivity (Wildman–Crippen MR) is 55.8 cm³/mol. The van der Waals surface area contributed by atoms with Crippen LogP contribution in [0.4, 0.5) is 0 Å². The second-order valence-electron chi connectivity index (χ2n) is 2.92. The molecule has 0 aliphatic heterocycles. The van der Waals surface area contributed by atoms with Gasteiger partial charge in [0.2, 0.25) is 5.91 Å². The highest BCUT2D eigenvalue weighted by molar-refractivity contribution is 5.95. The Kier molecular flexibility index (Phi) is 3.42. The third-order valence-electron chi connectivity index (χ3n) is 2.06. The first-order valence-corrected chi connectivity index (χ1v) is 4.35. The van der Waals surface area contributed by atoms with E-state index < -0.39 is 5.91 Å². The highest BCUT2D eigenvalue weighted by Gasteiger charge is 2.09. The molecule has 3 nitrogen and oxygen atoms in total. The molecular formula is C11H13NO2. The summed E-state index contributed by atoms with van der Waals surface area (Å²) < 4.78 is 0. The minimum Gasteiger partial charge on any atom is -0.396 e. The summed E-state index contributed by atoms with van der Waals surface area (Å²) in [5.74, 6) is -0.475. The van der Waals surface area contributed by atoms with Gasteiger partial charge in [0.15, 0.2) is 0 Å². The van der Waals surface area contributed by atoms with Gasteiger partial charge in [-0.2, -0.15) is 0 Å². The van der Waals surface area contributed by atoms with Crippen LogP contribution in [0.2, 0.25) is 0 Å². The van der Waals surface area contributed by atoms with E-state index in [1.165, 1.54) is 0 Å². The van der Waals surface area contributed by atoms with Gasteiger partial charge in [-0.05, 0) is 23.6 Å². The van der Waals surface area contributed by atoms with Gasteiger partial charge in [0.05, 0.1) is 0 Å². The third kappa shape index (κ3) is 2.00. The highest BCUT2D eigenvalue weighted by atomic mass is 16.3. The molecule has 0 aromatic heterocycles. The Morgan fingerprint density at radius 1 is 1.57 bits per heavy atom. The zero-order valence-corrected chi connectivity index (χ0v) is 7.86. The summed E-state index contributed by atoms with van der Waals surface area (Å²) in [7, 11) is 0. The number of aliphatic hydroxyl groups is 1. The van der Waals surface area contributed by atoms with E-state index in [2.05, 4.69) is 6.58 Å². The molecule has 0 spiro atoms. The Labute approximate surface area is 82.9 Å². The number of hydrogen-bond donors (Lipinski definition) is 2. The number of aliphatic hydroxyl groups excluding tert-OH is 1. The van der Waals surface area contributed by atoms with Gasteiger partial charge in [0, 0.05) is 12.2 Å². The van der Waals surface area contributed by atoms with Gasteiger partial charge in [-0.15, -0.1) is 0 Å². The van der Waals surface area contributed by atoms with Crippen LogP contribution in [0.1, 0.15) is 21.5 Å². The fourth-order valence-electron chi connectivity index (χ4n) is 1.42. The van der Waals surface area contributed by atoms with E-state index in [4.69, 9.17) is 10.8 Å². The van der Waals surface area contributed by atoms with Gasteiger partial charge in [-0.1, -0.05) is 24.8 Å². The molecule has 0 atom stereocenters. The number of hydrogen-bond acceptors (Lipinski definition) is 2. The maximum absolute atomic E-state index is 11.1. The van der Waals surface area contributed by atoms with Crippen molar-refractivity contribution in [2.24, 2.45) is 5.73 Å². The molecule has 0 aliphatic rings. The van der Waals surface area contributed by atoms with Gasteiger partial charge in [0.25, 0.3) is 0 Å². The number of amides is 1. The van der Waals surface area contributed by atoms with Gasteiger partial charge in [-0.25, -0.2) is 0 Å². The van der Waals surface area contributed by atoms with E-state index in [0.29, 0.717) is 12.0 Å². The average Bonchev–Trinajstić information content (AvgIpc) is 2.18. The SMILES string of the molecule is C=Cc1cccc(C(N)=O)c1CCO. The quantitative estimate of drug-likeness (QED) is 0.744. The second kappa shape index (κ2) is 4.58. The molecule has 1 amide bonds. The molecule has 1 rings (SSSR count). The number of carbonyl (C=O) groups excluding carboxylic acids is 1. The van der Waals surface area contributed by atoms with Crippen LogP contribution in [0.5, 0.6) is 0 Å². The molecular weight excluding hydrogens is 178 g/mol. The van der Waals surface area contributed by atoms with Crippen LogP contribution >= 0.6 is 0 Å². The molecule has 1 aromatic rings. The molecule has 0 unspecified atom stereocenters. The number of carbonyl (C=O) groups is 1. The summed E-state index contributed by atoms with van der Waals surface area (Å²) >= 11 is 0. The van der Waals surface area contributed by atoms with Crippen molar-refractivity contribution in [1.29, 1.82) is 0 Å². The van der Waals surface area contributed by atoms with Gasteiger partial charge in [-0.3, -0.25) is 4.79 Å². The normalized spacial score (nSPS) is 9.79. The fraction of sp³-hybridized carbons (Fsp3) is 0.182. The first kappa shape index (κ1) is 10.5. The Balaban J connectivity index is 3.27. The van der Waals surface area contributed by atoms with Crippen molar-refractivity contribution in [1.82, 2.24) is 0 Å². The lowest BCUT2D eigenvalue weighted by Gasteiger charge is -2.08. The van der Waals surface area contributed by atoms with Crippen molar-refractivity contribution < 1.29 is 9.90 Å². The van der Waals surface area contributed by atoms with Crippen molar-refractivity contribution in [2.75, 3.05) is 6.61 Å². The summed E-state index contributed by atoms with van der Waals surface area (Å²) in [4.78, 5) is 11.1. The predicted octanol–water partition coefficient (Wildman–Crippen LogP) is 0.963. The summed E-state index contributed by atoms with van der Waals surface area (Å²) in [6.07, 6.45) is 2.07. The molecule has 1 aromatic carbocycles. The lowest BCUT2D eigenvalue weighted by atomic mass is 9.98. The molecule has 0 bridgehead atoms. The Morgan fingerprint density at radius 2 is 2.29 bits per heavy atom. The van der Waals surface area contributed by atoms with Crippen LogP contribution in [-0.4, -0.2) is 17.6 Å². The van der Waals surface area contributed by atoms with E-state index in [-0.39, 0.29) is 6.61 Å². The Morgan fingerprint density at radius 3 is 2.79 bits per heavy atom. The molecule has 14 heavy (non-hydrogen) atoms. The number of primary amides is 1. The van der Waals surface area contributed by atoms with Crippen LogP contribution in [0, 0.1) is 0 Å². The van der Waals surface area contributed by atoms with Gasteiger partial charge >= 0.3 is 0 Å². The largest absolute Gasteiger partial charge is 0.396 e. The van der Waals surface area contributed by atoms with Crippen molar-refractivity contribution in [3.8, 4) is 0 Å².